The van der Waals surface area contributed by atoms with Crippen molar-refractivity contribution >= 4 is 17.2 Å². The molecular weight excluding hydrogens is 244 g/mol. The predicted molar refractivity (Wildman–Crippen MR) is 75.7 cm³/mol. The molecule has 1 aromatic heterocycles. The zero-order chi connectivity index (χ0) is 12.8. The van der Waals surface area contributed by atoms with Crippen LogP contribution in [0.3, 0.4) is 0 Å². The smallest absolute Gasteiger partial charge is 0.236 e. The molecule has 0 bridgehead atoms. The molecular formula is C14H20N2OS. The van der Waals surface area contributed by atoms with Crippen LogP contribution in [-0.2, 0) is 17.8 Å². The Labute approximate surface area is 112 Å². The molecule has 2 rings (SSSR count). The molecule has 0 unspecified atom stereocenters. The Morgan fingerprint density at radius 2 is 2.50 bits per heavy atom. The van der Waals surface area contributed by atoms with Crippen LogP contribution in [0.15, 0.2) is 23.6 Å². The van der Waals surface area contributed by atoms with Crippen LogP contribution in [0, 0.1) is 0 Å². The van der Waals surface area contributed by atoms with Crippen LogP contribution in [0.5, 0.6) is 0 Å². The molecule has 4 heteroatoms. The quantitative estimate of drug-likeness (QED) is 0.653. The molecule has 1 amide bonds. The first-order chi connectivity index (χ1) is 8.81. The fourth-order valence-electron chi connectivity index (χ4n) is 2.12. The van der Waals surface area contributed by atoms with E-state index in [0.29, 0.717) is 6.54 Å². The van der Waals surface area contributed by atoms with E-state index in [1.807, 2.05) is 17.9 Å². The summed E-state index contributed by atoms with van der Waals surface area (Å²) in [5, 5.41) is 5.31. The monoisotopic (exact) mass is 264 g/mol. The first-order valence-electron chi connectivity index (χ1n) is 6.46. The molecule has 0 aliphatic carbocycles. The fraction of sp³-hybridized carbons (Fsp3) is 0.500. The van der Waals surface area contributed by atoms with E-state index in [4.69, 9.17) is 0 Å². The van der Waals surface area contributed by atoms with Crippen LogP contribution in [0.25, 0.3) is 0 Å². The van der Waals surface area contributed by atoms with Crippen LogP contribution in [0.2, 0.25) is 0 Å². The summed E-state index contributed by atoms with van der Waals surface area (Å²) >= 11 is 1.80. The van der Waals surface area contributed by atoms with Gasteiger partial charge in [0.2, 0.25) is 5.91 Å². The van der Waals surface area contributed by atoms with Crippen molar-refractivity contribution in [3.8, 4) is 0 Å². The van der Waals surface area contributed by atoms with Gasteiger partial charge in [0, 0.05) is 18.0 Å². The standard InChI is InChI=1S/C14H20N2OS/c1-2-3-4-7-15-10-14(17)16-8-5-13-12(11-16)6-9-18-13/h2-3,6,9,15H,4-5,7-8,10-11H2,1H3/b3-2+. The maximum atomic E-state index is 12.0. The lowest BCUT2D eigenvalue weighted by atomic mass is 10.1. The summed E-state index contributed by atoms with van der Waals surface area (Å²) in [5.74, 6) is 0.215. The summed E-state index contributed by atoms with van der Waals surface area (Å²) in [4.78, 5) is 15.4. The van der Waals surface area contributed by atoms with Gasteiger partial charge in [-0.05, 0) is 43.3 Å². The van der Waals surface area contributed by atoms with Crippen LogP contribution in [0.1, 0.15) is 23.8 Å². The molecule has 0 spiro atoms. The summed E-state index contributed by atoms with van der Waals surface area (Å²) in [6.07, 6.45) is 6.14. The second-order valence-electron chi connectivity index (χ2n) is 4.47. The Bertz CT molecular complexity index is 425. The molecule has 0 aromatic carbocycles. The SMILES string of the molecule is C/C=C/CCNCC(=O)N1CCc2sccc2C1. The highest BCUT2D eigenvalue weighted by molar-refractivity contribution is 7.10. The first kappa shape index (κ1) is 13.3. The molecule has 1 aliphatic heterocycles. The van der Waals surface area contributed by atoms with Crippen molar-refractivity contribution in [3.63, 3.8) is 0 Å². The minimum Gasteiger partial charge on any atom is -0.337 e. The number of fused-ring (bicyclic) bond motifs is 1. The van der Waals surface area contributed by atoms with E-state index in [2.05, 4.69) is 22.8 Å². The summed E-state index contributed by atoms with van der Waals surface area (Å²) < 4.78 is 0. The zero-order valence-corrected chi connectivity index (χ0v) is 11.6. The van der Waals surface area contributed by atoms with Gasteiger partial charge in [-0.1, -0.05) is 12.2 Å². The van der Waals surface area contributed by atoms with Crippen molar-refractivity contribution in [2.24, 2.45) is 0 Å². The molecule has 0 radical (unpaired) electrons. The van der Waals surface area contributed by atoms with Crippen molar-refractivity contribution in [2.45, 2.75) is 26.3 Å². The van der Waals surface area contributed by atoms with E-state index < -0.39 is 0 Å². The number of carbonyl (C=O) groups excluding carboxylic acids is 1. The third-order valence-corrected chi connectivity index (χ3v) is 4.18. The van der Waals surface area contributed by atoms with Gasteiger partial charge in [0.1, 0.15) is 0 Å². The van der Waals surface area contributed by atoms with Gasteiger partial charge in [0.15, 0.2) is 0 Å². The van der Waals surface area contributed by atoms with E-state index in [1.165, 1.54) is 10.4 Å². The van der Waals surface area contributed by atoms with E-state index in [-0.39, 0.29) is 5.91 Å². The van der Waals surface area contributed by atoms with Crippen LogP contribution in [0.4, 0.5) is 0 Å². The summed E-state index contributed by atoms with van der Waals surface area (Å²) in [6.45, 7) is 4.99. The number of carbonyl (C=O) groups is 1. The van der Waals surface area contributed by atoms with Crippen molar-refractivity contribution in [1.82, 2.24) is 10.2 Å². The molecule has 98 valence electrons. The number of amides is 1. The van der Waals surface area contributed by atoms with Gasteiger partial charge < -0.3 is 10.2 Å². The maximum Gasteiger partial charge on any atom is 0.236 e. The van der Waals surface area contributed by atoms with E-state index in [0.717, 1.165) is 32.5 Å². The molecule has 0 saturated heterocycles. The number of rotatable bonds is 5. The van der Waals surface area contributed by atoms with Crippen LogP contribution < -0.4 is 5.32 Å². The van der Waals surface area contributed by atoms with Gasteiger partial charge in [-0.15, -0.1) is 11.3 Å². The summed E-state index contributed by atoms with van der Waals surface area (Å²) in [7, 11) is 0. The average Bonchev–Trinajstić information content (AvgIpc) is 2.85. The number of thiophene rings is 1. The lowest BCUT2D eigenvalue weighted by Gasteiger charge is -2.27. The number of hydrogen-bond donors (Lipinski definition) is 1. The van der Waals surface area contributed by atoms with E-state index in [9.17, 15) is 4.79 Å². The number of allylic oxidation sites excluding steroid dienone is 1. The minimum atomic E-state index is 0.215. The number of hydrogen-bond acceptors (Lipinski definition) is 3. The van der Waals surface area contributed by atoms with Gasteiger partial charge in [-0.3, -0.25) is 4.79 Å². The Morgan fingerprint density at radius 3 is 3.33 bits per heavy atom. The molecule has 1 aliphatic rings. The number of nitrogens with one attached hydrogen (secondary N) is 1. The maximum absolute atomic E-state index is 12.0. The zero-order valence-electron chi connectivity index (χ0n) is 10.8. The van der Waals surface area contributed by atoms with E-state index >= 15 is 0 Å². The topological polar surface area (TPSA) is 32.3 Å². The lowest BCUT2D eigenvalue weighted by Crippen LogP contribution is -2.40. The third-order valence-electron chi connectivity index (χ3n) is 3.16. The van der Waals surface area contributed by atoms with Crippen molar-refractivity contribution in [2.75, 3.05) is 19.6 Å². The largest absolute Gasteiger partial charge is 0.337 e. The Balaban J connectivity index is 1.74. The normalized spacial score (nSPS) is 15.1. The molecule has 3 nitrogen and oxygen atoms in total. The fourth-order valence-corrected chi connectivity index (χ4v) is 3.01. The number of nitrogens with zero attached hydrogens (tertiary/aromatic N) is 1. The molecule has 0 saturated carbocycles. The third kappa shape index (κ3) is 3.43. The average molecular weight is 264 g/mol. The Hall–Kier alpha value is -1.13. The molecule has 1 N–H and O–H groups in total. The molecule has 0 fully saturated rings. The predicted octanol–water partition coefficient (Wildman–Crippen LogP) is 2.19. The molecule has 2 heterocycles. The van der Waals surface area contributed by atoms with Crippen LogP contribution >= 0.6 is 11.3 Å². The summed E-state index contributed by atoms with van der Waals surface area (Å²) in [6, 6.07) is 2.14. The van der Waals surface area contributed by atoms with Gasteiger partial charge in [-0.2, -0.15) is 0 Å². The molecule has 1 aromatic rings. The summed E-state index contributed by atoms with van der Waals surface area (Å²) in [5.41, 5.74) is 1.33. The van der Waals surface area contributed by atoms with Gasteiger partial charge >= 0.3 is 0 Å². The second kappa shape index (κ2) is 6.71. The first-order valence-corrected chi connectivity index (χ1v) is 7.34. The second-order valence-corrected chi connectivity index (χ2v) is 5.47. The van der Waals surface area contributed by atoms with Crippen molar-refractivity contribution < 1.29 is 4.79 Å². The van der Waals surface area contributed by atoms with Gasteiger partial charge in [0.05, 0.1) is 6.54 Å². The highest BCUT2D eigenvalue weighted by Crippen LogP contribution is 2.23. The van der Waals surface area contributed by atoms with Gasteiger partial charge in [0.25, 0.3) is 0 Å². The Morgan fingerprint density at radius 1 is 1.61 bits per heavy atom. The highest BCUT2D eigenvalue weighted by atomic mass is 32.1. The molecule has 0 atom stereocenters. The minimum absolute atomic E-state index is 0.215. The molecule has 18 heavy (non-hydrogen) atoms. The van der Waals surface area contributed by atoms with Gasteiger partial charge in [-0.25, -0.2) is 0 Å². The van der Waals surface area contributed by atoms with Crippen LogP contribution in [-0.4, -0.2) is 30.4 Å². The van der Waals surface area contributed by atoms with E-state index in [1.54, 1.807) is 11.3 Å². The highest BCUT2D eigenvalue weighted by Gasteiger charge is 2.20. The Kier molecular flexibility index (Phi) is 4.96. The van der Waals surface area contributed by atoms with Crippen molar-refractivity contribution in [3.05, 3.63) is 34.0 Å². The van der Waals surface area contributed by atoms with Crippen molar-refractivity contribution in [1.29, 1.82) is 0 Å². The lowest BCUT2D eigenvalue weighted by molar-refractivity contribution is -0.131.